The summed E-state index contributed by atoms with van der Waals surface area (Å²) in [5.74, 6) is 0.712. The minimum Gasteiger partial charge on any atom is -0.352 e. The average Bonchev–Trinajstić information content (AvgIpc) is 2.91. The number of amides is 2. The fraction of sp³-hybridized carbons (Fsp3) is 0.355. The molecule has 3 aromatic rings. The van der Waals surface area contributed by atoms with E-state index in [0.29, 0.717) is 24.4 Å². The van der Waals surface area contributed by atoms with Crippen molar-refractivity contribution in [2.45, 2.75) is 70.0 Å². The van der Waals surface area contributed by atoms with E-state index in [-0.39, 0.29) is 17.9 Å². The molecular formula is C31H37ClN2O2S. The van der Waals surface area contributed by atoms with Gasteiger partial charge in [-0.1, -0.05) is 73.1 Å². The minimum absolute atomic E-state index is 0.000178. The van der Waals surface area contributed by atoms with E-state index < -0.39 is 6.04 Å². The zero-order valence-electron chi connectivity index (χ0n) is 22.0. The van der Waals surface area contributed by atoms with Crippen LogP contribution >= 0.6 is 23.4 Å². The molecule has 37 heavy (non-hydrogen) atoms. The van der Waals surface area contributed by atoms with E-state index in [4.69, 9.17) is 11.6 Å². The Morgan fingerprint density at radius 2 is 1.65 bits per heavy atom. The molecule has 2 unspecified atom stereocenters. The Labute approximate surface area is 230 Å². The lowest BCUT2D eigenvalue weighted by Gasteiger charge is -2.33. The molecule has 0 fully saturated rings. The number of benzene rings is 3. The molecule has 3 aromatic carbocycles. The molecule has 6 heteroatoms. The van der Waals surface area contributed by atoms with Crippen molar-refractivity contribution in [3.05, 3.63) is 101 Å². The van der Waals surface area contributed by atoms with E-state index in [9.17, 15) is 9.59 Å². The van der Waals surface area contributed by atoms with Crippen molar-refractivity contribution in [2.24, 2.45) is 0 Å². The fourth-order valence-corrected chi connectivity index (χ4v) is 5.03. The van der Waals surface area contributed by atoms with Gasteiger partial charge >= 0.3 is 0 Å². The van der Waals surface area contributed by atoms with Gasteiger partial charge in [0.25, 0.3) is 0 Å². The first-order chi connectivity index (χ1) is 17.9. The number of halogens is 1. The lowest BCUT2D eigenvalue weighted by atomic mass is 10.0. The fourth-order valence-electron chi connectivity index (χ4n) is 4.05. The highest BCUT2D eigenvalue weighted by Crippen LogP contribution is 2.23. The molecule has 196 valence electrons. The molecule has 0 saturated carbocycles. The lowest BCUT2D eigenvalue weighted by Crippen LogP contribution is -2.52. The largest absolute Gasteiger partial charge is 0.352 e. The monoisotopic (exact) mass is 536 g/mol. The number of aryl methyl sites for hydroxylation is 1. The van der Waals surface area contributed by atoms with Crippen molar-refractivity contribution in [3.8, 4) is 0 Å². The van der Waals surface area contributed by atoms with Crippen LogP contribution in [0.3, 0.4) is 0 Å². The Morgan fingerprint density at radius 1 is 0.973 bits per heavy atom. The molecule has 2 amide bonds. The summed E-state index contributed by atoms with van der Waals surface area (Å²) in [6.45, 7) is 6.50. The highest BCUT2D eigenvalue weighted by Gasteiger charge is 2.30. The first-order valence-electron chi connectivity index (χ1n) is 12.9. The molecule has 4 nitrogen and oxygen atoms in total. The Kier molecular flexibility index (Phi) is 11.6. The number of carbonyl (C=O) groups excluding carboxylic acids is 2. The normalized spacial score (nSPS) is 12.5. The zero-order chi connectivity index (χ0) is 26.6. The van der Waals surface area contributed by atoms with Crippen LogP contribution in [-0.4, -0.2) is 34.6 Å². The van der Waals surface area contributed by atoms with Crippen molar-refractivity contribution < 1.29 is 9.59 Å². The molecule has 0 radical (unpaired) electrons. The van der Waals surface area contributed by atoms with Gasteiger partial charge in [0.2, 0.25) is 11.8 Å². The third-order valence-electron chi connectivity index (χ3n) is 6.49. The molecule has 0 aliphatic rings. The summed E-state index contributed by atoms with van der Waals surface area (Å²) >= 11 is 7.70. The summed E-state index contributed by atoms with van der Waals surface area (Å²) in [6, 6.07) is 25.2. The van der Waals surface area contributed by atoms with Crippen LogP contribution in [0.2, 0.25) is 5.02 Å². The van der Waals surface area contributed by atoms with Gasteiger partial charge in [0.05, 0.1) is 0 Å². The minimum atomic E-state index is -0.590. The quantitative estimate of drug-likeness (QED) is 0.188. The van der Waals surface area contributed by atoms with Crippen LogP contribution in [0.15, 0.2) is 83.8 Å². The number of rotatable bonds is 13. The molecule has 0 spiro atoms. The van der Waals surface area contributed by atoms with Crippen LogP contribution in [0.25, 0.3) is 0 Å². The SMILES string of the molecule is CCC(C)NC(=O)C(Cc1ccccc1)N(Cc1ccccc1C)C(=O)CCCSc1ccc(Cl)cc1. The molecule has 3 rings (SSSR count). The van der Waals surface area contributed by atoms with Gasteiger partial charge < -0.3 is 10.2 Å². The van der Waals surface area contributed by atoms with Crippen LogP contribution in [-0.2, 0) is 22.6 Å². The standard InChI is InChI=1S/C31H37ClN2O2S/c1-4-24(3)33-31(36)29(21-25-12-6-5-7-13-25)34(22-26-14-9-8-11-23(26)2)30(35)15-10-20-37-28-18-16-27(32)17-19-28/h5-9,11-14,16-19,24,29H,4,10,15,20-22H2,1-3H3,(H,33,36). The maximum Gasteiger partial charge on any atom is 0.243 e. The number of hydrogen-bond donors (Lipinski definition) is 1. The zero-order valence-corrected chi connectivity index (χ0v) is 23.5. The van der Waals surface area contributed by atoms with Gasteiger partial charge in [0, 0.05) is 35.3 Å². The van der Waals surface area contributed by atoms with Crippen LogP contribution < -0.4 is 5.32 Å². The summed E-state index contributed by atoms with van der Waals surface area (Å²) in [5.41, 5.74) is 3.20. The van der Waals surface area contributed by atoms with E-state index in [1.165, 1.54) is 0 Å². The molecule has 0 saturated heterocycles. The molecule has 0 aliphatic heterocycles. The van der Waals surface area contributed by atoms with Gasteiger partial charge in [-0.25, -0.2) is 0 Å². The van der Waals surface area contributed by atoms with Gasteiger partial charge in [0.15, 0.2) is 0 Å². The van der Waals surface area contributed by atoms with Crippen molar-refractivity contribution in [1.29, 1.82) is 0 Å². The predicted molar refractivity (Wildman–Crippen MR) is 155 cm³/mol. The summed E-state index contributed by atoms with van der Waals surface area (Å²) in [6.07, 6.45) is 2.41. The topological polar surface area (TPSA) is 49.4 Å². The highest BCUT2D eigenvalue weighted by molar-refractivity contribution is 7.99. The third kappa shape index (κ3) is 9.24. The average molecular weight is 537 g/mol. The second-order valence-electron chi connectivity index (χ2n) is 9.38. The van der Waals surface area contributed by atoms with E-state index >= 15 is 0 Å². The number of carbonyl (C=O) groups is 2. The Morgan fingerprint density at radius 3 is 2.32 bits per heavy atom. The molecule has 0 bridgehead atoms. The van der Waals surface area contributed by atoms with E-state index in [0.717, 1.165) is 40.2 Å². The molecule has 1 N–H and O–H groups in total. The second kappa shape index (κ2) is 14.8. The number of thioether (sulfide) groups is 1. The van der Waals surface area contributed by atoms with Crippen LogP contribution in [0.1, 0.15) is 49.8 Å². The molecule has 0 aliphatic carbocycles. The summed E-state index contributed by atoms with van der Waals surface area (Å²) < 4.78 is 0. The predicted octanol–water partition coefficient (Wildman–Crippen LogP) is 7.08. The van der Waals surface area contributed by atoms with Gasteiger partial charge in [-0.2, -0.15) is 0 Å². The van der Waals surface area contributed by atoms with Crippen molar-refractivity contribution in [3.63, 3.8) is 0 Å². The summed E-state index contributed by atoms with van der Waals surface area (Å²) in [4.78, 5) is 30.2. The van der Waals surface area contributed by atoms with E-state index in [2.05, 4.69) is 5.32 Å². The first kappa shape index (κ1) is 28.8. The van der Waals surface area contributed by atoms with Crippen LogP contribution in [0.4, 0.5) is 0 Å². The van der Waals surface area contributed by atoms with Crippen molar-refractivity contribution >= 4 is 35.2 Å². The second-order valence-corrected chi connectivity index (χ2v) is 11.0. The highest BCUT2D eigenvalue weighted by atomic mass is 35.5. The van der Waals surface area contributed by atoms with Crippen molar-refractivity contribution in [1.82, 2.24) is 10.2 Å². The third-order valence-corrected chi connectivity index (χ3v) is 7.84. The van der Waals surface area contributed by atoms with Gasteiger partial charge in [-0.15, -0.1) is 11.8 Å². The first-order valence-corrected chi connectivity index (χ1v) is 14.3. The van der Waals surface area contributed by atoms with Crippen molar-refractivity contribution in [2.75, 3.05) is 5.75 Å². The molecule has 0 aromatic heterocycles. The Balaban J connectivity index is 1.80. The maximum atomic E-state index is 13.7. The molecule has 0 heterocycles. The Bertz CT molecular complexity index is 1140. The lowest BCUT2D eigenvalue weighted by molar-refractivity contribution is -0.141. The number of hydrogen-bond acceptors (Lipinski definition) is 3. The van der Waals surface area contributed by atoms with E-state index in [1.807, 2.05) is 99.6 Å². The van der Waals surface area contributed by atoms with Crippen LogP contribution in [0, 0.1) is 6.92 Å². The Hall–Kier alpha value is -2.76. The number of nitrogens with zero attached hydrogens (tertiary/aromatic N) is 1. The van der Waals surface area contributed by atoms with Gasteiger partial charge in [-0.05, 0) is 73.4 Å². The molecular weight excluding hydrogens is 500 g/mol. The summed E-state index contributed by atoms with van der Waals surface area (Å²) in [5, 5.41) is 3.85. The smallest absolute Gasteiger partial charge is 0.243 e. The number of nitrogens with one attached hydrogen (secondary N) is 1. The van der Waals surface area contributed by atoms with E-state index in [1.54, 1.807) is 16.7 Å². The molecule has 2 atom stereocenters. The summed E-state index contributed by atoms with van der Waals surface area (Å²) in [7, 11) is 0. The maximum absolute atomic E-state index is 13.7. The van der Waals surface area contributed by atoms with Crippen LogP contribution in [0.5, 0.6) is 0 Å². The van der Waals surface area contributed by atoms with Gasteiger partial charge in [-0.3, -0.25) is 9.59 Å². The van der Waals surface area contributed by atoms with Gasteiger partial charge in [0.1, 0.15) is 6.04 Å².